The summed E-state index contributed by atoms with van der Waals surface area (Å²) in [5.74, 6) is 1.49. The van der Waals surface area contributed by atoms with E-state index in [0.29, 0.717) is 51.3 Å². The Hall–Kier alpha value is -4.04. The summed E-state index contributed by atoms with van der Waals surface area (Å²) in [6, 6.07) is 2.87. The molecule has 3 heterocycles. The average molecular weight is 521 g/mol. The molecule has 3 aromatic heterocycles. The molecule has 0 unspecified atom stereocenters. The van der Waals surface area contributed by atoms with Gasteiger partial charge in [-0.3, -0.25) is 0 Å². The van der Waals surface area contributed by atoms with Crippen molar-refractivity contribution < 1.29 is 46.6 Å². The van der Waals surface area contributed by atoms with Gasteiger partial charge < -0.3 is 46.9 Å². The molecule has 0 atom stereocenters. The predicted octanol–water partition coefficient (Wildman–Crippen LogP) is -0.445. The van der Waals surface area contributed by atoms with E-state index in [9.17, 15) is 15.6 Å². The Labute approximate surface area is 206 Å². The van der Waals surface area contributed by atoms with Crippen LogP contribution in [-0.4, -0.2) is 49.9 Å². The van der Waals surface area contributed by atoms with Gasteiger partial charge in [-0.15, -0.1) is 0 Å². The van der Waals surface area contributed by atoms with Crippen molar-refractivity contribution in [3.63, 3.8) is 0 Å². The smallest absolute Gasteiger partial charge is 0.501 e. The summed E-state index contributed by atoms with van der Waals surface area (Å²) in [6.07, 6.45) is 3.58. The summed E-state index contributed by atoms with van der Waals surface area (Å²) in [5.41, 5.74) is 0. The third-order valence-corrected chi connectivity index (χ3v) is 3.43. The summed E-state index contributed by atoms with van der Waals surface area (Å²) in [4.78, 5) is 10.7. The molecular formula is C18H27FeN9O6. The Morgan fingerprint density at radius 2 is 0.853 bits per heavy atom. The Balaban J connectivity index is 0.000000473. The molecule has 15 nitrogen and oxygen atoms in total. The maximum Gasteiger partial charge on any atom is 0.501 e. The quantitative estimate of drug-likeness (QED) is 0.138. The fraction of sp³-hybridized carbons (Fsp3) is 0.333. The van der Waals surface area contributed by atoms with Gasteiger partial charge in [-0.25, -0.2) is 14.2 Å². The molecule has 0 spiro atoms. The first kappa shape index (κ1) is 30.0. The van der Waals surface area contributed by atoms with Gasteiger partial charge in [0.15, 0.2) is 0 Å². The molecular weight excluding hydrogens is 494 g/mol. The van der Waals surface area contributed by atoms with Gasteiger partial charge >= 0.3 is 18.0 Å². The van der Waals surface area contributed by atoms with Crippen molar-refractivity contribution >= 4 is 17.5 Å². The second-order valence-corrected chi connectivity index (χ2v) is 5.91. The largest absolute Gasteiger partial charge is 0.708 e. The molecule has 0 bridgehead atoms. The van der Waals surface area contributed by atoms with Crippen LogP contribution in [0.15, 0.2) is 36.8 Å². The molecule has 0 fully saturated rings. The van der Waals surface area contributed by atoms with E-state index in [0.717, 1.165) is 0 Å². The first-order valence-electron chi connectivity index (χ1n) is 9.80. The number of rotatable bonds is 6. The van der Waals surface area contributed by atoms with E-state index in [4.69, 9.17) is 15.3 Å². The average Bonchev–Trinajstić information content (AvgIpc) is 2.78. The normalized spacial score (nSPS) is 9.26. The van der Waals surface area contributed by atoms with E-state index in [1.807, 2.05) is 20.8 Å². The molecule has 0 saturated heterocycles. The van der Waals surface area contributed by atoms with Crippen molar-refractivity contribution in [3.05, 3.63) is 52.4 Å². The van der Waals surface area contributed by atoms with Crippen LogP contribution in [0.5, 0.6) is 18.0 Å². The molecule has 6 N–H and O–H groups in total. The second-order valence-electron chi connectivity index (χ2n) is 5.91. The molecule has 0 aliphatic rings. The van der Waals surface area contributed by atoms with Gasteiger partial charge in [0.2, 0.25) is 17.5 Å². The van der Waals surface area contributed by atoms with Gasteiger partial charge in [0.25, 0.3) is 0 Å². The van der Waals surface area contributed by atoms with E-state index >= 15 is 0 Å². The maximum absolute atomic E-state index is 10.6. The van der Waals surface area contributed by atoms with Crippen molar-refractivity contribution in [1.82, 2.24) is 15.0 Å². The van der Waals surface area contributed by atoms with Gasteiger partial charge in [0.1, 0.15) is 18.6 Å². The monoisotopic (exact) mass is 521 g/mol. The van der Waals surface area contributed by atoms with Crippen LogP contribution in [0, 0.1) is 15.6 Å². The fourth-order valence-electron chi connectivity index (χ4n) is 2.04. The summed E-state index contributed by atoms with van der Waals surface area (Å²) in [6.45, 7) is 7.81. The second kappa shape index (κ2) is 15.7. The number of nitrogens with zero attached hydrogens (tertiary/aromatic N) is 6. The van der Waals surface area contributed by atoms with E-state index in [2.05, 4.69) is 30.9 Å². The molecule has 0 aliphatic heterocycles. The molecule has 34 heavy (non-hydrogen) atoms. The number of anilines is 3. The van der Waals surface area contributed by atoms with Crippen LogP contribution in [0.4, 0.5) is 17.5 Å². The molecule has 0 amide bonds. The molecule has 16 heteroatoms. The van der Waals surface area contributed by atoms with Crippen LogP contribution in [0.1, 0.15) is 20.8 Å². The van der Waals surface area contributed by atoms with E-state index in [-0.39, 0.29) is 17.1 Å². The van der Waals surface area contributed by atoms with Gasteiger partial charge in [-0.05, 0) is 20.8 Å². The Morgan fingerprint density at radius 1 is 0.618 bits per heavy atom. The molecule has 3 aromatic rings. The van der Waals surface area contributed by atoms with Crippen LogP contribution in [-0.2, 0) is 17.1 Å². The van der Waals surface area contributed by atoms with E-state index < -0.39 is 18.0 Å². The molecule has 0 saturated carbocycles. The first-order valence-corrected chi connectivity index (χ1v) is 9.80. The maximum atomic E-state index is 10.6. The van der Waals surface area contributed by atoms with Gasteiger partial charge in [-0.1, -0.05) is 0 Å². The Morgan fingerprint density at radius 3 is 1.03 bits per heavy atom. The van der Waals surface area contributed by atoms with Crippen LogP contribution < -0.4 is 30.1 Å². The zero-order valence-electron chi connectivity index (χ0n) is 18.7. The fourth-order valence-corrected chi connectivity index (χ4v) is 2.04. The SMILES string of the molecule is CCNc1cc[n+]([O-])c(O)n1.CCNc1cc[n+]([O-])c(O)n1.CCNc1cc[n+]([O-])c(O)n1.[Fe]. The minimum Gasteiger partial charge on any atom is -0.708 e. The van der Waals surface area contributed by atoms with Crippen molar-refractivity contribution in [1.29, 1.82) is 0 Å². The van der Waals surface area contributed by atoms with Crippen molar-refractivity contribution in [2.45, 2.75) is 20.8 Å². The number of nitrogens with one attached hydrogen (secondary N) is 3. The first-order chi connectivity index (χ1) is 15.7. The van der Waals surface area contributed by atoms with Crippen molar-refractivity contribution in [2.75, 3.05) is 35.6 Å². The topological polar surface area (TPSA) is 216 Å². The Bertz CT molecular complexity index is 888. The number of aromatic hydroxyl groups is 3. The minimum atomic E-state index is -0.538. The van der Waals surface area contributed by atoms with Gasteiger partial charge in [0.05, 0.1) is 0 Å². The van der Waals surface area contributed by atoms with Crippen LogP contribution in [0.2, 0.25) is 0 Å². The molecule has 188 valence electrons. The summed E-state index contributed by atoms with van der Waals surface area (Å²) >= 11 is 0. The number of hydrogen-bond donors (Lipinski definition) is 6. The zero-order chi connectivity index (χ0) is 24.8. The van der Waals surface area contributed by atoms with E-state index in [1.54, 1.807) is 0 Å². The zero-order valence-corrected chi connectivity index (χ0v) is 19.8. The molecule has 0 aromatic carbocycles. The van der Waals surface area contributed by atoms with Crippen LogP contribution in [0.25, 0.3) is 0 Å². The Kier molecular flexibility index (Phi) is 13.8. The number of aromatic nitrogens is 6. The summed E-state index contributed by atoms with van der Waals surface area (Å²) in [7, 11) is 0. The van der Waals surface area contributed by atoms with Crippen LogP contribution >= 0.6 is 0 Å². The number of hydrogen-bond acceptors (Lipinski definition) is 12. The van der Waals surface area contributed by atoms with Crippen molar-refractivity contribution in [2.24, 2.45) is 0 Å². The van der Waals surface area contributed by atoms with Gasteiger partial charge in [-0.2, -0.15) is 0 Å². The summed E-state index contributed by atoms with van der Waals surface area (Å²) < 4.78 is 0.878. The molecule has 0 aliphatic carbocycles. The predicted molar refractivity (Wildman–Crippen MR) is 117 cm³/mol. The van der Waals surface area contributed by atoms with Crippen molar-refractivity contribution in [3.8, 4) is 18.0 Å². The standard InChI is InChI=1S/3C6H9N3O2.Fe/c3*1-2-7-5-3-4-9(11)6(10)8-5;/h3*3-4H,2H2,1H3,(H2,7,8,10);. The third-order valence-electron chi connectivity index (χ3n) is 3.43. The van der Waals surface area contributed by atoms with E-state index in [1.165, 1.54) is 36.8 Å². The third kappa shape index (κ3) is 10.5. The van der Waals surface area contributed by atoms with Gasteiger partial charge in [0, 0.05) is 69.9 Å². The molecule has 0 radical (unpaired) electrons. The summed E-state index contributed by atoms with van der Waals surface area (Å²) in [5, 5.41) is 66.7. The molecule has 3 rings (SSSR count). The van der Waals surface area contributed by atoms with Crippen LogP contribution in [0.3, 0.4) is 0 Å². The minimum absolute atomic E-state index is 0.